The number of benzene rings is 1. The van der Waals surface area contributed by atoms with Crippen molar-refractivity contribution in [2.45, 2.75) is 6.92 Å². The van der Waals surface area contributed by atoms with E-state index in [9.17, 15) is 4.79 Å². The lowest BCUT2D eigenvalue weighted by Gasteiger charge is -2.08. The number of nitrogens with one attached hydrogen (secondary N) is 1. The molecule has 1 amide bonds. The molecule has 0 aliphatic rings. The van der Waals surface area contributed by atoms with E-state index >= 15 is 0 Å². The molecule has 0 spiro atoms. The Labute approximate surface area is 120 Å². The highest BCUT2D eigenvalue weighted by Gasteiger charge is 2.10. The van der Waals surface area contributed by atoms with Crippen LogP contribution in [0.1, 0.15) is 15.9 Å². The topological polar surface area (TPSA) is 68.0 Å². The van der Waals surface area contributed by atoms with Crippen molar-refractivity contribution in [1.29, 1.82) is 0 Å². The van der Waals surface area contributed by atoms with Gasteiger partial charge in [0.2, 0.25) is 0 Å². The number of amides is 1. The van der Waals surface area contributed by atoms with E-state index in [1.54, 1.807) is 24.4 Å². The number of nitrogens with two attached hydrogens (primary N) is 1. The first-order chi connectivity index (χ1) is 8.97. The third-order valence-electron chi connectivity index (χ3n) is 2.48. The van der Waals surface area contributed by atoms with Crippen molar-refractivity contribution < 1.29 is 4.79 Å². The lowest BCUT2D eigenvalue weighted by atomic mass is 10.2. The van der Waals surface area contributed by atoms with E-state index < -0.39 is 0 Å². The van der Waals surface area contributed by atoms with E-state index in [1.165, 1.54) is 6.07 Å². The van der Waals surface area contributed by atoms with Crippen LogP contribution in [0.4, 0.5) is 11.4 Å². The van der Waals surface area contributed by atoms with Crippen LogP contribution in [0.15, 0.2) is 30.5 Å². The average molecular weight is 296 g/mol. The van der Waals surface area contributed by atoms with Crippen LogP contribution in [0.3, 0.4) is 0 Å². The van der Waals surface area contributed by atoms with Gasteiger partial charge in [0.15, 0.2) is 5.15 Å². The van der Waals surface area contributed by atoms with Gasteiger partial charge in [-0.1, -0.05) is 23.2 Å². The van der Waals surface area contributed by atoms with Crippen molar-refractivity contribution in [3.63, 3.8) is 0 Å². The fourth-order valence-electron chi connectivity index (χ4n) is 1.52. The molecular weight excluding hydrogens is 285 g/mol. The maximum Gasteiger partial charge on any atom is 0.255 e. The summed E-state index contributed by atoms with van der Waals surface area (Å²) in [5.41, 5.74) is 7.76. The summed E-state index contributed by atoms with van der Waals surface area (Å²) < 4.78 is 0. The number of hydrogen-bond acceptors (Lipinski definition) is 3. The largest absolute Gasteiger partial charge is 0.398 e. The molecule has 2 aromatic rings. The minimum Gasteiger partial charge on any atom is -0.398 e. The van der Waals surface area contributed by atoms with Gasteiger partial charge in [0.05, 0.1) is 16.4 Å². The van der Waals surface area contributed by atoms with Crippen LogP contribution in [0.5, 0.6) is 0 Å². The predicted octanol–water partition coefficient (Wildman–Crippen LogP) is 3.53. The summed E-state index contributed by atoms with van der Waals surface area (Å²) in [6.07, 6.45) is 1.62. The smallest absolute Gasteiger partial charge is 0.255 e. The lowest BCUT2D eigenvalue weighted by Crippen LogP contribution is -2.13. The number of carbonyl (C=O) groups is 1. The number of hydrogen-bond donors (Lipinski definition) is 2. The molecule has 0 atom stereocenters. The van der Waals surface area contributed by atoms with Gasteiger partial charge in [-0.05, 0) is 36.8 Å². The highest BCUT2D eigenvalue weighted by molar-refractivity contribution is 6.33. The van der Waals surface area contributed by atoms with Gasteiger partial charge in [-0.2, -0.15) is 0 Å². The summed E-state index contributed by atoms with van der Waals surface area (Å²) >= 11 is 11.7. The van der Waals surface area contributed by atoms with Gasteiger partial charge >= 0.3 is 0 Å². The van der Waals surface area contributed by atoms with Gasteiger partial charge in [-0.3, -0.25) is 4.79 Å². The average Bonchev–Trinajstić information content (AvgIpc) is 2.37. The van der Waals surface area contributed by atoms with Crippen LogP contribution in [-0.2, 0) is 0 Å². The summed E-state index contributed by atoms with van der Waals surface area (Å²) in [5, 5.41) is 3.33. The second kappa shape index (κ2) is 5.47. The molecule has 0 saturated carbocycles. The summed E-state index contributed by atoms with van der Waals surface area (Å²) in [5.74, 6) is -0.322. The molecule has 1 aromatic carbocycles. The number of nitrogen functional groups attached to an aromatic ring is 1. The fourth-order valence-corrected chi connectivity index (χ4v) is 1.79. The number of halogens is 2. The Kier molecular flexibility index (Phi) is 3.93. The standard InChI is InChI=1S/C13H11Cl2N3O/c1-7-4-11(12(15)17-6-7)18-13(19)8-2-3-9(14)10(16)5-8/h2-6H,16H2,1H3,(H,18,19). The van der Waals surface area contributed by atoms with Crippen molar-refractivity contribution in [1.82, 2.24) is 4.98 Å². The monoisotopic (exact) mass is 295 g/mol. The molecule has 98 valence electrons. The minimum absolute atomic E-state index is 0.237. The molecule has 19 heavy (non-hydrogen) atoms. The fraction of sp³-hybridized carbons (Fsp3) is 0.0769. The van der Waals surface area contributed by atoms with Crippen LogP contribution < -0.4 is 11.1 Å². The molecule has 1 heterocycles. The Hall–Kier alpha value is -1.78. The number of aryl methyl sites for hydroxylation is 1. The number of anilines is 2. The molecule has 6 heteroatoms. The van der Waals surface area contributed by atoms with Gasteiger partial charge < -0.3 is 11.1 Å². The van der Waals surface area contributed by atoms with Crippen molar-refractivity contribution in [3.8, 4) is 0 Å². The van der Waals surface area contributed by atoms with E-state index in [4.69, 9.17) is 28.9 Å². The molecule has 0 saturated heterocycles. The Bertz CT molecular complexity index is 644. The van der Waals surface area contributed by atoms with Crippen molar-refractivity contribution in [2.24, 2.45) is 0 Å². The second-order valence-electron chi connectivity index (χ2n) is 4.04. The number of carbonyl (C=O) groups excluding carboxylic acids is 1. The minimum atomic E-state index is -0.322. The lowest BCUT2D eigenvalue weighted by molar-refractivity contribution is 0.102. The van der Waals surface area contributed by atoms with Crippen LogP contribution in [0, 0.1) is 6.92 Å². The normalized spacial score (nSPS) is 10.3. The molecule has 3 N–H and O–H groups in total. The predicted molar refractivity (Wildman–Crippen MR) is 77.8 cm³/mol. The Balaban J connectivity index is 2.25. The molecule has 1 aromatic heterocycles. The van der Waals surface area contributed by atoms with Crippen LogP contribution in [0.2, 0.25) is 10.2 Å². The summed E-state index contributed by atoms with van der Waals surface area (Å²) in [4.78, 5) is 16.0. The Morgan fingerprint density at radius 2 is 2.05 bits per heavy atom. The third-order valence-corrected chi connectivity index (χ3v) is 3.13. The SMILES string of the molecule is Cc1cnc(Cl)c(NC(=O)c2ccc(Cl)c(N)c2)c1. The summed E-state index contributed by atoms with van der Waals surface area (Å²) in [6, 6.07) is 6.41. The summed E-state index contributed by atoms with van der Waals surface area (Å²) in [6.45, 7) is 1.86. The van der Waals surface area contributed by atoms with Crippen LogP contribution >= 0.6 is 23.2 Å². The van der Waals surface area contributed by atoms with E-state index in [-0.39, 0.29) is 11.1 Å². The van der Waals surface area contributed by atoms with E-state index in [1.807, 2.05) is 6.92 Å². The second-order valence-corrected chi connectivity index (χ2v) is 4.81. The Morgan fingerprint density at radius 3 is 2.74 bits per heavy atom. The number of aromatic nitrogens is 1. The van der Waals surface area contributed by atoms with Gasteiger partial charge in [-0.15, -0.1) is 0 Å². The molecule has 2 rings (SSSR count). The molecule has 0 unspecified atom stereocenters. The van der Waals surface area contributed by atoms with E-state index in [2.05, 4.69) is 10.3 Å². The maximum absolute atomic E-state index is 12.0. The van der Waals surface area contributed by atoms with Crippen LogP contribution in [-0.4, -0.2) is 10.9 Å². The quantitative estimate of drug-likeness (QED) is 0.658. The molecule has 0 radical (unpaired) electrons. The van der Waals surface area contributed by atoms with Crippen molar-refractivity contribution in [3.05, 3.63) is 51.8 Å². The molecular formula is C13H11Cl2N3O. The third kappa shape index (κ3) is 3.16. The van der Waals surface area contributed by atoms with E-state index in [0.717, 1.165) is 5.56 Å². The zero-order chi connectivity index (χ0) is 14.0. The zero-order valence-electron chi connectivity index (χ0n) is 10.1. The molecule has 0 bridgehead atoms. The Morgan fingerprint density at radius 1 is 1.32 bits per heavy atom. The first kappa shape index (κ1) is 13.6. The molecule has 0 aliphatic heterocycles. The number of nitrogens with zero attached hydrogens (tertiary/aromatic N) is 1. The van der Waals surface area contributed by atoms with Gasteiger partial charge in [0, 0.05) is 11.8 Å². The molecule has 0 aliphatic carbocycles. The van der Waals surface area contributed by atoms with Gasteiger partial charge in [-0.25, -0.2) is 4.98 Å². The zero-order valence-corrected chi connectivity index (χ0v) is 11.6. The van der Waals surface area contributed by atoms with Crippen molar-refractivity contribution in [2.75, 3.05) is 11.1 Å². The molecule has 0 fully saturated rings. The van der Waals surface area contributed by atoms with E-state index in [0.29, 0.717) is 22.0 Å². The van der Waals surface area contributed by atoms with Gasteiger partial charge in [0.1, 0.15) is 0 Å². The first-order valence-electron chi connectivity index (χ1n) is 5.46. The highest BCUT2D eigenvalue weighted by Crippen LogP contribution is 2.23. The van der Waals surface area contributed by atoms with Gasteiger partial charge in [0.25, 0.3) is 5.91 Å². The number of pyridine rings is 1. The van der Waals surface area contributed by atoms with Crippen molar-refractivity contribution >= 4 is 40.5 Å². The first-order valence-corrected chi connectivity index (χ1v) is 6.21. The highest BCUT2D eigenvalue weighted by atomic mass is 35.5. The summed E-state index contributed by atoms with van der Waals surface area (Å²) in [7, 11) is 0. The number of rotatable bonds is 2. The molecule has 4 nitrogen and oxygen atoms in total. The van der Waals surface area contributed by atoms with Crippen LogP contribution in [0.25, 0.3) is 0 Å². The maximum atomic E-state index is 12.0.